The number of carbonyl (C=O) groups is 1. The molecule has 4 aromatic rings. The number of hydrogen-bond donors (Lipinski definition) is 2. The van der Waals surface area contributed by atoms with Crippen molar-refractivity contribution in [1.82, 2.24) is 19.9 Å². The number of rotatable bonds is 4. The molecular weight excluding hydrogens is 316 g/mol. The summed E-state index contributed by atoms with van der Waals surface area (Å²) >= 11 is 0. The van der Waals surface area contributed by atoms with Crippen LogP contribution in [0, 0.1) is 0 Å². The highest BCUT2D eigenvalue weighted by Crippen LogP contribution is 2.14. The Balaban J connectivity index is 1.61. The van der Waals surface area contributed by atoms with E-state index in [9.17, 15) is 9.59 Å². The zero-order chi connectivity index (χ0) is 17.2. The van der Waals surface area contributed by atoms with Crippen molar-refractivity contribution < 1.29 is 4.79 Å². The van der Waals surface area contributed by atoms with Crippen LogP contribution in [0.15, 0.2) is 65.6 Å². The van der Waals surface area contributed by atoms with E-state index in [2.05, 4.69) is 15.4 Å². The van der Waals surface area contributed by atoms with E-state index < -0.39 is 0 Å². The summed E-state index contributed by atoms with van der Waals surface area (Å²) in [7, 11) is 0. The number of aromatic amines is 1. The van der Waals surface area contributed by atoms with Crippen LogP contribution in [0.2, 0.25) is 0 Å². The second-order valence-electron chi connectivity index (χ2n) is 5.78. The number of hydrogen-bond acceptors (Lipinski definition) is 3. The molecule has 2 heterocycles. The van der Waals surface area contributed by atoms with Gasteiger partial charge in [-0.2, -0.15) is 5.10 Å². The van der Waals surface area contributed by atoms with Gasteiger partial charge in [0.25, 0.3) is 11.5 Å². The molecule has 0 radical (unpaired) electrons. The van der Waals surface area contributed by atoms with Crippen molar-refractivity contribution in [2.75, 3.05) is 6.54 Å². The van der Waals surface area contributed by atoms with Crippen molar-refractivity contribution in [3.8, 4) is 0 Å². The van der Waals surface area contributed by atoms with Crippen molar-refractivity contribution in [3.05, 3.63) is 82.3 Å². The first-order valence-corrected chi connectivity index (χ1v) is 8.05. The van der Waals surface area contributed by atoms with E-state index in [0.717, 1.165) is 12.0 Å². The van der Waals surface area contributed by atoms with Gasteiger partial charge in [-0.1, -0.05) is 42.5 Å². The lowest BCUT2D eigenvalue weighted by atomic mass is 10.1. The van der Waals surface area contributed by atoms with E-state index in [-0.39, 0.29) is 11.5 Å². The number of para-hydroxylation sites is 1. The lowest BCUT2D eigenvalue weighted by Gasteiger charge is -2.05. The highest BCUT2D eigenvalue weighted by molar-refractivity contribution is 6.00. The molecule has 0 unspecified atom stereocenters. The molecule has 0 aliphatic heterocycles. The molecule has 2 aromatic heterocycles. The Labute approximate surface area is 143 Å². The molecule has 0 spiro atoms. The van der Waals surface area contributed by atoms with Gasteiger partial charge in [0, 0.05) is 6.54 Å². The van der Waals surface area contributed by atoms with E-state index in [0.29, 0.717) is 28.7 Å². The lowest BCUT2D eigenvalue weighted by Crippen LogP contribution is -2.26. The summed E-state index contributed by atoms with van der Waals surface area (Å²) in [4.78, 5) is 27.5. The Hall–Kier alpha value is -3.41. The molecule has 0 saturated carbocycles. The minimum Gasteiger partial charge on any atom is -0.352 e. The maximum Gasteiger partial charge on any atom is 0.259 e. The summed E-state index contributed by atoms with van der Waals surface area (Å²) in [6, 6.07) is 17.1. The number of H-pyrrole nitrogens is 1. The van der Waals surface area contributed by atoms with Crippen LogP contribution in [0.4, 0.5) is 0 Å². The number of nitrogens with one attached hydrogen (secondary N) is 2. The number of nitrogens with zero attached hydrogens (tertiary/aromatic N) is 2. The van der Waals surface area contributed by atoms with Crippen LogP contribution in [0.3, 0.4) is 0 Å². The van der Waals surface area contributed by atoms with Crippen LogP contribution in [0.5, 0.6) is 0 Å². The van der Waals surface area contributed by atoms with Gasteiger partial charge in [0.15, 0.2) is 0 Å². The first-order chi connectivity index (χ1) is 12.2. The smallest absolute Gasteiger partial charge is 0.259 e. The number of benzene rings is 2. The molecule has 4 rings (SSSR count). The first kappa shape index (κ1) is 15.1. The van der Waals surface area contributed by atoms with E-state index in [4.69, 9.17) is 0 Å². The third-order valence-corrected chi connectivity index (χ3v) is 4.16. The Morgan fingerprint density at radius 1 is 1.08 bits per heavy atom. The van der Waals surface area contributed by atoms with Crippen LogP contribution in [-0.4, -0.2) is 27.0 Å². The molecule has 0 aliphatic carbocycles. The molecule has 0 aliphatic rings. The van der Waals surface area contributed by atoms with Gasteiger partial charge in [-0.15, -0.1) is 0 Å². The molecule has 0 bridgehead atoms. The Morgan fingerprint density at radius 3 is 2.68 bits per heavy atom. The zero-order valence-electron chi connectivity index (χ0n) is 13.4. The molecule has 25 heavy (non-hydrogen) atoms. The third kappa shape index (κ3) is 2.78. The molecule has 124 valence electrons. The van der Waals surface area contributed by atoms with Crippen LogP contribution < -0.4 is 10.9 Å². The van der Waals surface area contributed by atoms with Crippen LogP contribution in [0.25, 0.3) is 16.6 Å². The quantitative estimate of drug-likeness (QED) is 0.601. The van der Waals surface area contributed by atoms with Gasteiger partial charge in [-0.3, -0.25) is 9.59 Å². The molecule has 1 amide bonds. The van der Waals surface area contributed by atoms with E-state index in [1.165, 1.54) is 6.20 Å². The molecule has 0 saturated heterocycles. The van der Waals surface area contributed by atoms with Crippen LogP contribution in [0.1, 0.15) is 15.9 Å². The van der Waals surface area contributed by atoms with Gasteiger partial charge in [-0.05, 0) is 24.1 Å². The predicted octanol–water partition coefficient (Wildman–Crippen LogP) is 2.15. The maximum absolute atomic E-state index is 12.5. The minimum atomic E-state index is -0.253. The molecular formula is C19H16N4O2. The fraction of sp³-hybridized carbons (Fsp3) is 0.105. The predicted molar refractivity (Wildman–Crippen MR) is 95.8 cm³/mol. The number of amides is 1. The van der Waals surface area contributed by atoms with Gasteiger partial charge < -0.3 is 10.3 Å². The second-order valence-corrected chi connectivity index (χ2v) is 5.78. The van der Waals surface area contributed by atoms with E-state index >= 15 is 0 Å². The molecule has 2 N–H and O–H groups in total. The molecule has 6 nitrogen and oxygen atoms in total. The summed E-state index contributed by atoms with van der Waals surface area (Å²) < 4.78 is 1.59. The van der Waals surface area contributed by atoms with Crippen molar-refractivity contribution >= 4 is 22.5 Å². The summed E-state index contributed by atoms with van der Waals surface area (Å²) in [5.74, 6) is -0.253. The van der Waals surface area contributed by atoms with Crippen molar-refractivity contribution in [1.29, 1.82) is 0 Å². The normalized spacial score (nSPS) is 11.0. The molecule has 6 heteroatoms. The standard InChI is InChI=1S/C19H16N4O2/c24-18(20-11-10-13-6-2-1-3-7-13)15-12-21-23-16-9-5-4-8-14(16)19(25)22-17(15)23/h1-9,12H,10-11H2,(H,20,24)(H,22,25). The largest absolute Gasteiger partial charge is 0.352 e. The van der Waals surface area contributed by atoms with Gasteiger partial charge in [0.1, 0.15) is 11.2 Å². The zero-order valence-corrected chi connectivity index (χ0v) is 13.4. The second kappa shape index (κ2) is 6.24. The molecule has 0 fully saturated rings. The summed E-state index contributed by atoms with van der Waals surface area (Å²) in [6.07, 6.45) is 2.22. The van der Waals surface area contributed by atoms with Crippen molar-refractivity contribution in [2.45, 2.75) is 6.42 Å². The van der Waals surface area contributed by atoms with Gasteiger partial charge in [-0.25, -0.2) is 4.52 Å². The Kier molecular flexibility index (Phi) is 3.78. The number of carbonyl (C=O) groups excluding carboxylic acids is 1. The lowest BCUT2D eigenvalue weighted by molar-refractivity contribution is 0.0955. The minimum absolute atomic E-state index is 0.234. The molecule has 0 atom stereocenters. The summed E-state index contributed by atoms with van der Waals surface area (Å²) in [6.45, 7) is 0.512. The van der Waals surface area contributed by atoms with E-state index in [1.54, 1.807) is 16.6 Å². The number of fused-ring (bicyclic) bond motifs is 3. The van der Waals surface area contributed by atoms with E-state index in [1.807, 2.05) is 42.5 Å². The highest BCUT2D eigenvalue weighted by atomic mass is 16.1. The van der Waals surface area contributed by atoms with Crippen LogP contribution >= 0.6 is 0 Å². The first-order valence-electron chi connectivity index (χ1n) is 8.05. The average molecular weight is 332 g/mol. The monoisotopic (exact) mass is 332 g/mol. The average Bonchev–Trinajstić information content (AvgIpc) is 3.07. The van der Waals surface area contributed by atoms with Gasteiger partial charge in [0.05, 0.1) is 17.1 Å². The fourth-order valence-electron chi connectivity index (χ4n) is 2.90. The Morgan fingerprint density at radius 2 is 1.84 bits per heavy atom. The molecule has 2 aromatic carbocycles. The fourth-order valence-corrected chi connectivity index (χ4v) is 2.90. The van der Waals surface area contributed by atoms with Crippen LogP contribution in [-0.2, 0) is 6.42 Å². The van der Waals surface area contributed by atoms with Crippen molar-refractivity contribution in [3.63, 3.8) is 0 Å². The maximum atomic E-state index is 12.5. The SMILES string of the molecule is O=C(NCCc1ccccc1)c1cnn2c1[nH]c(=O)c1ccccc12. The summed E-state index contributed by atoms with van der Waals surface area (Å²) in [5.41, 5.74) is 2.35. The van der Waals surface area contributed by atoms with Crippen molar-refractivity contribution in [2.24, 2.45) is 0 Å². The summed E-state index contributed by atoms with van der Waals surface area (Å²) in [5, 5.41) is 7.68. The van der Waals surface area contributed by atoms with Gasteiger partial charge in [0.2, 0.25) is 0 Å². The third-order valence-electron chi connectivity index (χ3n) is 4.16. The Bertz CT molecular complexity index is 1110. The number of aromatic nitrogens is 3. The van der Waals surface area contributed by atoms with Gasteiger partial charge >= 0.3 is 0 Å². The highest BCUT2D eigenvalue weighted by Gasteiger charge is 2.15. The topological polar surface area (TPSA) is 79.3 Å².